The Hall–Kier alpha value is -3.68. The molecule has 0 spiro atoms. The molecule has 0 fully saturated rings. The molecule has 0 aromatic heterocycles. The summed E-state index contributed by atoms with van der Waals surface area (Å²) in [7, 11) is 0. The Bertz CT molecular complexity index is 862. The third-order valence-corrected chi connectivity index (χ3v) is 3.72. The number of anilines is 2. The fraction of sp³-hybridized carbons (Fsp3) is 0.238. The second kappa shape index (κ2) is 10.6. The molecule has 0 unspecified atom stereocenters. The van der Waals surface area contributed by atoms with Gasteiger partial charge in [-0.15, -0.1) is 0 Å². The van der Waals surface area contributed by atoms with Crippen LogP contribution in [0.25, 0.3) is 0 Å². The minimum atomic E-state index is -0.748. The molecule has 0 aliphatic heterocycles. The first kappa shape index (κ1) is 21.6. The average molecular weight is 397 g/mol. The van der Waals surface area contributed by atoms with Gasteiger partial charge in [-0.1, -0.05) is 30.3 Å². The monoisotopic (exact) mass is 397 g/mol. The molecule has 0 saturated carbocycles. The maximum Gasteiger partial charge on any atom is 0.338 e. The molecule has 2 aromatic rings. The molecule has 3 amide bonds. The molecule has 3 N–H and O–H groups in total. The molecule has 0 aliphatic carbocycles. The lowest BCUT2D eigenvalue weighted by Gasteiger charge is -2.11. The molecule has 0 radical (unpaired) electrons. The minimum Gasteiger partial charge on any atom is -0.452 e. The lowest BCUT2D eigenvalue weighted by molar-refractivity contribution is -0.124. The Morgan fingerprint density at radius 2 is 1.45 bits per heavy atom. The first-order chi connectivity index (χ1) is 13.8. The van der Waals surface area contributed by atoms with E-state index >= 15 is 0 Å². The average Bonchev–Trinajstić information content (AvgIpc) is 2.65. The summed E-state index contributed by atoms with van der Waals surface area (Å²) < 4.78 is 5.04. The van der Waals surface area contributed by atoms with Crippen LogP contribution in [0.15, 0.2) is 48.5 Å². The predicted octanol–water partition coefficient (Wildman–Crippen LogP) is 2.12. The van der Waals surface area contributed by atoms with E-state index in [4.69, 9.17) is 4.74 Å². The highest BCUT2D eigenvalue weighted by atomic mass is 16.5. The molecular weight excluding hydrogens is 374 g/mol. The summed E-state index contributed by atoms with van der Waals surface area (Å²) in [5.74, 6) is -1.83. The molecule has 152 valence electrons. The number of rotatable bonds is 8. The third kappa shape index (κ3) is 7.84. The van der Waals surface area contributed by atoms with Gasteiger partial charge in [-0.05, 0) is 30.2 Å². The Labute approximate surface area is 168 Å². The van der Waals surface area contributed by atoms with Crippen molar-refractivity contribution >= 4 is 35.1 Å². The maximum absolute atomic E-state index is 12.3. The second-order valence-electron chi connectivity index (χ2n) is 6.32. The van der Waals surface area contributed by atoms with Crippen LogP contribution in [-0.2, 0) is 25.5 Å². The van der Waals surface area contributed by atoms with Crippen molar-refractivity contribution in [1.29, 1.82) is 0 Å². The van der Waals surface area contributed by atoms with Gasteiger partial charge >= 0.3 is 5.97 Å². The normalized spacial score (nSPS) is 10.0. The zero-order valence-electron chi connectivity index (χ0n) is 16.3. The Morgan fingerprint density at radius 3 is 2.00 bits per heavy atom. The van der Waals surface area contributed by atoms with Crippen LogP contribution in [0.3, 0.4) is 0 Å². The van der Waals surface area contributed by atoms with Gasteiger partial charge in [0, 0.05) is 31.8 Å². The first-order valence-electron chi connectivity index (χ1n) is 9.01. The fourth-order valence-corrected chi connectivity index (χ4v) is 2.55. The summed E-state index contributed by atoms with van der Waals surface area (Å²) >= 11 is 0. The lowest BCUT2D eigenvalue weighted by atomic mass is 10.1. The van der Waals surface area contributed by atoms with Gasteiger partial charge in [0.25, 0.3) is 5.91 Å². The predicted molar refractivity (Wildman–Crippen MR) is 108 cm³/mol. The zero-order chi connectivity index (χ0) is 21.2. The van der Waals surface area contributed by atoms with E-state index in [0.29, 0.717) is 24.3 Å². The lowest BCUT2D eigenvalue weighted by Crippen LogP contribution is -2.30. The molecule has 0 aliphatic rings. The van der Waals surface area contributed by atoms with Crippen LogP contribution in [0.4, 0.5) is 11.4 Å². The molecule has 8 nitrogen and oxygen atoms in total. The van der Waals surface area contributed by atoms with Gasteiger partial charge in [0.2, 0.25) is 11.8 Å². The van der Waals surface area contributed by atoms with Crippen molar-refractivity contribution in [2.75, 3.05) is 23.8 Å². The number of carbonyl (C=O) groups excluding carboxylic acids is 4. The number of hydrogen-bond acceptors (Lipinski definition) is 5. The standard InChI is InChI=1S/C21H23N3O5/c1-14(25)23-18-10-17(11-19(12-18)24-15(2)26)21(28)29-13-20(27)22-9-8-16-6-4-3-5-7-16/h3-7,10-12H,8-9,13H2,1-2H3,(H,22,27)(H,23,25)(H,24,26). The van der Waals surface area contributed by atoms with Gasteiger partial charge in [-0.2, -0.15) is 0 Å². The van der Waals surface area contributed by atoms with Gasteiger partial charge in [0.15, 0.2) is 6.61 Å². The van der Waals surface area contributed by atoms with Gasteiger partial charge in [-0.25, -0.2) is 4.79 Å². The van der Waals surface area contributed by atoms with E-state index in [1.165, 1.54) is 32.0 Å². The van der Waals surface area contributed by atoms with Crippen LogP contribution in [-0.4, -0.2) is 36.8 Å². The number of benzene rings is 2. The minimum absolute atomic E-state index is 0.0945. The quantitative estimate of drug-likeness (QED) is 0.591. The number of amides is 3. The van der Waals surface area contributed by atoms with Crippen molar-refractivity contribution in [3.63, 3.8) is 0 Å². The number of ether oxygens (including phenoxy) is 1. The van der Waals surface area contributed by atoms with Crippen molar-refractivity contribution in [1.82, 2.24) is 5.32 Å². The zero-order valence-corrected chi connectivity index (χ0v) is 16.3. The van der Waals surface area contributed by atoms with E-state index in [1.54, 1.807) is 0 Å². The molecule has 2 rings (SSSR count). The molecular formula is C21H23N3O5. The van der Waals surface area contributed by atoms with Crippen molar-refractivity contribution in [2.24, 2.45) is 0 Å². The third-order valence-electron chi connectivity index (χ3n) is 3.72. The number of esters is 1. The first-order valence-corrected chi connectivity index (χ1v) is 9.01. The van der Waals surface area contributed by atoms with Crippen molar-refractivity contribution in [3.8, 4) is 0 Å². The Balaban J connectivity index is 1.91. The summed E-state index contributed by atoms with van der Waals surface area (Å²) in [5, 5.41) is 7.77. The molecule has 0 saturated heterocycles. The smallest absolute Gasteiger partial charge is 0.338 e. The molecule has 29 heavy (non-hydrogen) atoms. The van der Waals surface area contributed by atoms with Crippen LogP contribution < -0.4 is 16.0 Å². The molecule has 8 heteroatoms. The summed E-state index contributed by atoms with van der Waals surface area (Å²) in [6.45, 7) is 2.63. The molecule has 0 heterocycles. The largest absolute Gasteiger partial charge is 0.452 e. The fourth-order valence-electron chi connectivity index (χ4n) is 2.55. The molecule has 2 aromatic carbocycles. The summed E-state index contributed by atoms with van der Waals surface area (Å²) in [6.07, 6.45) is 0.666. The molecule has 0 bridgehead atoms. The van der Waals surface area contributed by atoms with Gasteiger partial charge < -0.3 is 20.7 Å². The Morgan fingerprint density at radius 1 is 0.862 bits per heavy atom. The summed E-state index contributed by atoms with van der Waals surface area (Å²) in [4.78, 5) is 46.7. The van der Waals surface area contributed by atoms with E-state index in [9.17, 15) is 19.2 Å². The number of nitrogens with one attached hydrogen (secondary N) is 3. The van der Waals surface area contributed by atoms with Crippen LogP contribution in [0.5, 0.6) is 0 Å². The summed E-state index contributed by atoms with van der Waals surface area (Å²) in [6, 6.07) is 14.0. The topological polar surface area (TPSA) is 114 Å². The van der Waals surface area contributed by atoms with Crippen molar-refractivity contribution in [3.05, 3.63) is 59.7 Å². The van der Waals surface area contributed by atoms with Gasteiger partial charge in [0.05, 0.1) is 5.56 Å². The van der Waals surface area contributed by atoms with E-state index in [0.717, 1.165) is 5.56 Å². The van der Waals surface area contributed by atoms with Crippen molar-refractivity contribution in [2.45, 2.75) is 20.3 Å². The van der Waals surface area contributed by atoms with Crippen LogP contribution in [0, 0.1) is 0 Å². The van der Waals surface area contributed by atoms with E-state index in [2.05, 4.69) is 16.0 Å². The second-order valence-corrected chi connectivity index (χ2v) is 6.32. The number of carbonyl (C=O) groups is 4. The highest BCUT2D eigenvalue weighted by Crippen LogP contribution is 2.20. The van der Waals surface area contributed by atoms with Gasteiger partial charge in [0.1, 0.15) is 0 Å². The van der Waals surface area contributed by atoms with Crippen LogP contribution in [0.1, 0.15) is 29.8 Å². The highest BCUT2D eigenvalue weighted by molar-refractivity contribution is 5.98. The van der Waals surface area contributed by atoms with Crippen LogP contribution in [0.2, 0.25) is 0 Å². The van der Waals surface area contributed by atoms with Gasteiger partial charge in [-0.3, -0.25) is 14.4 Å². The highest BCUT2D eigenvalue weighted by Gasteiger charge is 2.13. The van der Waals surface area contributed by atoms with E-state index < -0.39 is 18.5 Å². The Kier molecular flexibility index (Phi) is 7.90. The van der Waals surface area contributed by atoms with E-state index in [-0.39, 0.29) is 17.4 Å². The maximum atomic E-state index is 12.3. The summed E-state index contributed by atoms with van der Waals surface area (Å²) in [5.41, 5.74) is 1.83. The van der Waals surface area contributed by atoms with E-state index in [1.807, 2.05) is 30.3 Å². The molecule has 0 atom stereocenters. The van der Waals surface area contributed by atoms with Crippen LogP contribution >= 0.6 is 0 Å². The number of hydrogen-bond donors (Lipinski definition) is 3. The SMILES string of the molecule is CC(=O)Nc1cc(NC(C)=O)cc(C(=O)OCC(=O)NCCc2ccccc2)c1. The van der Waals surface area contributed by atoms with Crippen molar-refractivity contribution < 1.29 is 23.9 Å².